The van der Waals surface area contributed by atoms with E-state index in [1.54, 1.807) is 4.90 Å². The summed E-state index contributed by atoms with van der Waals surface area (Å²) in [4.78, 5) is 18.9. The molecule has 4 nitrogen and oxygen atoms in total. The fraction of sp³-hybridized carbons (Fsp3) is 0.273. The number of nitrogens with zero attached hydrogens (tertiary/aromatic N) is 2. The summed E-state index contributed by atoms with van der Waals surface area (Å²) < 4.78 is 0. The lowest BCUT2D eigenvalue weighted by atomic mass is 10.1. The van der Waals surface area contributed by atoms with E-state index >= 15 is 0 Å². The normalized spacial score (nSPS) is 11.0. The number of hydrogen-bond donors (Lipinski definition) is 1. The molecule has 0 aliphatic rings. The summed E-state index contributed by atoms with van der Waals surface area (Å²) >= 11 is 0. The van der Waals surface area contributed by atoms with Gasteiger partial charge < -0.3 is 10.2 Å². The fourth-order valence-corrected chi connectivity index (χ4v) is 2.80. The van der Waals surface area contributed by atoms with E-state index < -0.39 is 0 Å². The minimum Gasteiger partial charge on any atom is -0.381 e. The molecule has 0 spiro atoms. The molecule has 4 heteroatoms. The molecule has 0 unspecified atom stereocenters. The molecule has 1 aromatic heterocycles. The molecular weight excluding hydrogens is 322 g/mol. The summed E-state index contributed by atoms with van der Waals surface area (Å²) in [7, 11) is 1.84. The molecule has 0 fully saturated rings. The lowest BCUT2D eigenvalue weighted by Gasteiger charge is -2.22. The van der Waals surface area contributed by atoms with Gasteiger partial charge in [0.25, 0.3) is 5.91 Å². The van der Waals surface area contributed by atoms with Crippen LogP contribution in [0.2, 0.25) is 0 Å². The second-order valence-corrected chi connectivity index (χ2v) is 6.93. The second-order valence-electron chi connectivity index (χ2n) is 6.93. The molecule has 0 aliphatic carbocycles. The van der Waals surface area contributed by atoms with Gasteiger partial charge in [-0.25, -0.2) is 0 Å². The van der Waals surface area contributed by atoms with Crippen molar-refractivity contribution in [2.75, 3.05) is 12.4 Å². The molecule has 3 rings (SSSR count). The third-order valence-corrected chi connectivity index (χ3v) is 4.71. The number of nitrogens with one attached hydrogen (secondary N) is 1. The lowest BCUT2D eigenvalue weighted by Crippen LogP contribution is -2.33. The predicted molar refractivity (Wildman–Crippen MR) is 107 cm³/mol. The molecular formula is C22H25N3O. The van der Waals surface area contributed by atoms with Crippen molar-refractivity contribution in [1.29, 1.82) is 0 Å². The maximum Gasteiger partial charge on any atom is 0.254 e. The number of carbonyl (C=O) groups is 1. The average molecular weight is 347 g/mol. The van der Waals surface area contributed by atoms with Crippen LogP contribution in [0, 0.1) is 6.92 Å². The summed E-state index contributed by atoms with van der Waals surface area (Å²) in [5, 5.41) is 4.54. The highest BCUT2D eigenvalue weighted by Crippen LogP contribution is 2.19. The summed E-state index contributed by atoms with van der Waals surface area (Å²) in [6, 6.07) is 16.3. The number of amides is 1. The Bertz CT molecular complexity index is 934. The largest absolute Gasteiger partial charge is 0.381 e. The van der Waals surface area contributed by atoms with Crippen LogP contribution in [-0.2, 0) is 6.54 Å². The molecule has 0 radical (unpaired) electrons. The zero-order valence-corrected chi connectivity index (χ0v) is 15.8. The van der Waals surface area contributed by atoms with E-state index in [-0.39, 0.29) is 11.9 Å². The van der Waals surface area contributed by atoms with Gasteiger partial charge in [0.1, 0.15) is 0 Å². The molecule has 0 saturated carbocycles. The first-order valence-corrected chi connectivity index (χ1v) is 8.91. The Morgan fingerprint density at radius 1 is 1.15 bits per heavy atom. The number of aromatic nitrogens is 1. The Labute approximate surface area is 154 Å². The van der Waals surface area contributed by atoms with Gasteiger partial charge >= 0.3 is 0 Å². The summed E-state index contributed by atoms with van der Waals surface area (Å²) in [6.45, 7) is 6.66. The van der Waals surface area contributed by atoms with Crippen LogP contribution < -0.4 is 5.32 Å². The fourth-order valence-electron chi connectivity index (χ4n) is 2.80. The van der Waals surface area contributed by atoms with Crippen LogP contribution in [0.4, 0.5) is 5.69 Å². The van der Waals surface area contributed by atoms with E-state index in [4.69, 9.17) is 0 Å². The molecule has 0 atom stereocenters. The Morgan fingerprint density at radius 2 is 1.92 bits per heavy atom. The van der Waals surface area contributed by atoms with Gasteiger partial charge in [0, 0.05) is 42.5 Å². The van der Waals surface area contributed by atoms with Crippen LogP contribution >= 0.6 is 0 Å². The first-order valence-electron chi connectivity index (χ1n) is 8.91. The predicted octanol–water partition coefficient (Wildman–Crippen LogP) is 4.64. The molecule has 1 N–H and O–H groups in total. The maximum atomic E-state index is 12.7. The topological polar surface area (TPSA) is 45.2 Å². The van der Waals surface area contributed by atoms with Crippen LogP contribution in [0.5, 0.6) is 0 Å². The van der Waals surface area contributed by atoms with Crippen LogP contribution in [0.25, 0.3) is 10.9 Å². The SMILES string of the molecule is Cc1ccc(NCc2cnc3ccccc3c2)cc1C(=O)N(C)C(C)C. The molecule has 0 bridgehead atoms. The number of fused-ring (bicyclic) bond motifs is 1. The van der Waals surface area contributed by atoms with Crippen molar-refractivity contribution in [1.82, 2.24) is 9.88 Å². The van der Waals surface area contributed by atoms with Crippen LogP contribution in [0.3, 0.4) is 0 Å². The third-order valence-electron chi connectivity index (χ3n) is 4.71. The van der Waals surface area contributed by atoms with Gasteiger partial charge in [0.15, 0.2) is 0 Å². The molecule has 1 heterocycles. The van der Waals surface area contributed by atoms with Gasteiger partial charge in [-0.05, 0) is 56.2 Å². The van der Waals surface area contributed by atoms with Gasteiger partial charge in [-0.2, -0.15) is 0 Å². The van der Waals surface area contributed by atoms with Gasteiger partial charge in [-0.1, -0.05) is 24.3 Å². The number of hydrogen-bond acceptors (Lipinski definition) is 3. The van der Waals surface area contributed by atoms with Gasteiger partial charge in [0.2, 0.25) is 0 Å². The van der Waals surface area contributed by atoms with Gasteiger partial charge in [-0.3, -0.25) is 9.78 Å². The smallest absolute Gasteiger partial charge is 0.254 e. The second kappa shape index (κ2) is 7.56. The van der Waals surface area contributed by atoms with Gasteiger partial charge in [-0.15, -0.1) is 0 Å². The number of rotatable bonds is 5. The number of anilines is 1. The van der Waals surface area contributed by atoms with E-state index in [1.165, 1.54) is 0 Å². The third kappa shape index (κ3) is 3.85. The van der Waals surface area contributed by atoms with Crippen molar-refractivity contribution < 1.29 is 4.79 Å². The van der Waals surface area contributed by atoms with Crippen LogP contribution in [0.1, 0.15) is 35.3 Å². The van der Waals surface area contributed by atoms with Crippen molar-refractivity contribution >= 4 is 22.5 Å². The standard InChI is InChI=1S/C22H25N3O/c1-15(2)25(4)22(26)20-12-19(10-9-16(20)3)23-13-17-11-18-7-5-6-8-21(18)24-14-17/h5-12,14-15,23H,13H2,1-4H3. The Balaban J connectivity index is 1.77. The molecule has 2 aromatic carbocycles. The monoisotopic (exact) mass is 347 g/mol. The minimum absolute atomic E-state index is 0.0496. The molecule has 0 saturated heterocycles. The van der Waals surface area contributed by atoms with E-state index in [0.29, 0.717) is 6.54 Å². The zero-order valence-electron chi connectivity index (χ0n) is 15.8. The highest BCUT2D eigenvalue weighted by molar-refractivity contribution is 5.96. The van der Waals surface area contributed by atoms with Crippen molar-refractivity contribution in [3.05, 3.63) is 71.4 Å². The van der Waals surface area contributed by atoms with E-state index in [9.17, 15) is 4.79 Å². The molecule has 26 heavy (non-hydrogen) atoms. The summed E-state index contributed by atoms with van der Waals surface area (Å²) in [5.41, 5.74) is 4.76. The van der Waals surface area contributed by atoms with Crippen LogP contribution in [-0.4, -0.2) is 28.9 Å². The number of carbonyl (C=O) groups excluding carboxylic acids is 1. The average Bonchev–Trinajstić information content (AvgIpc) is 2.66. The Morgan fingerprint density at radius 3 is 2.69 bits per heavy atom. The Hall–Kier alpha value is -2.88. The first kappa shape index (κ1) is 17.9. The number of pyridine rings is 1. The molecule has 1 amide bonds. The first-order chi connectivity index (χ1) is 12.5. The van der Waals surface area contributed by atoms with Crippen molar-refractivity contribution in [2.24, 2.45) is 0 Å². The van der Waals surface area contributed by atoms with E-state index in [1.807, 2.05) is 70.4 Å². The van der Waals surface area contributed by atoms with Crippen molar-refractivity contribution in [3.8, 4) is 0 Å². The number of aryl methyl sites for hydroxylation is 1. The summed E-state index contributed by atoms with van der Waals surface area (Å²) in [6.07, 6.45) is 1.89. The van der Waals surface area contributed by atoms with Gasteiger partial charge in [0.05, 0.1) is 5.52 Å². The van der Waals surface area contributed by atoms with Crippen molar-refractivity contribution in [2.45, 2.75) is 33.4 Å². The highest BCUT2D eigenvalue weighted by atomic mass is 16.2. The highest BCUT2D eigenvalue weighted by Gasteiger charge is 2.16. The lowest BCUT2D eigenvalue weighted by molar-refractivity contribution is 0.0754. The number of para-hydroxylation sites is 1. The van der Waals surface area contributed by atoms with Crippen LogP contribution in [0.15, 0.2) is 54.7 Å². The Kier molecular flexibility index (Phi) is 5.21. The zero-order chi connectivity index (χ0) is 18.7. The maximum absolute atomic E-state index is 12.7. The number of benzene rings is 2. The molecule has 3 aromatic rings. The quantitative estimate of drug-likeness (QED) is 0.731. The van der Waals surface area contributed by atoms with Crippen molar-refractivity contribution in [3.63, 3.8) is 0 Å². The molecule has 134 valence electrons. The summed E-state index contributed by atoms with van der Waals surface area (Å²) in [5.74, 6) is 0.0496. The molecule has 0 aliphatic heterocycles. The van der Waals surface area contributed by atoms with E-state index in [0.717, 1.165) is 33.3 Å². The van der Waals surface area contributed by atoms with E-state index in [2.05, 4.69) is 22.4 Å². The minimum atomic E-state index is 0.0496.